The number of nitrogens with zero attached hydrogens (tertiary/aromatic N) is 1. The van der Waals surface area contributed by atoms with Crippen LogP contribution in [0, 0.1) is 0 Å². The summed E-state index contributed by atoms with van der Waals surface area (Å²) in [4.78, 5) is 25.4. The maximum absolute atomic E-state index is 12.6. The average Bonchev–Trinajstić information content (AvgIpc) is 2.66. The summed E-state index contributed by atoms with van der Waals surface area (Å²) in [6.07, 6.45) is 1.75. The summed E-state index contributed by atoms with van der Waals surface area (Å²) in [6, 6.07) is 16.3. The van der Waals surface area contributed by atoms with Gasteiger partial charge in [0, 0.05) is 13.0 Å². The van der Waals surface area contributed by atoms with Gasteiger partial charge in [0.2, 0.25) is 5.91 Å². The number of hydrogen-bond acceptors (Lipinski definition) is 3. The van der Waals surface area contributed by atoms with Crippen molar-refractivity contribution in [2.45, 2.75) is 38.8 Å². The first-order valence-corrected chi connectivity index (χ1v) is 8.70. The predicted octanol–water partition coefficient (Wildman–Crippen LogP) is 3.52. The summed E-state index contributed by atoms with van der Waals surface area (Å²) >= 11 is 0. The van der Waals surface area contributed by atoms with Crippen molar-refractivity contribution in [3.8, 4) is 5.75 Å². The minimum absolute atomic E-state index is 0.141. The third-order valence-electron chi connectivity index (χ3n) is 4.36. The van der Waals surface area contributed by atoms with E-state index < -0.39 is 12.0 Å². The molecule has 138 valence electrons. The van der Waals surface area contributed by atoms with E-state index in [2.05, 4.69) is 0 Å². The Morgan fingerprint density at radius 3 is 2.27 bits per heavy atom. The van der Waals surface area contributed by atoms with E-state index in [-0.39, 0.29) is 5.91 Å². The van der Waals surface area contributed by atoms with Crippen LogP contribution in [0.25, 0.3) is 0 Å². The molecule has 2 aromatic carbocycles. The third kappa shape index (κ3) is 5.62. The van der Waals surface area contributed by atoms with Gasteiger partial charge in [0.1, 0.15) is 11.8 Å². The number of benzene rings is 2. The van der Waals surface area contributed by atoms with Crippen LogP contribution in [0.4, 0.5) is 0 Å². The molecule has 0 saturated carbocycles. The van der Waals surface area contributed by atoms with Crippen LogP contribution < -0.4 is 4.74 Å². The lowest BCUT2D eigenvalue weighted by Crippen LogP contribution is -2.42. The summed E-state index contributed by atoms with van der Waals surface area (Å²) in [7, 11) is 1.62. The Balaban J connectivity index is 1.95. The highest BCUT2D eigenvalue weighted by atomic mass is 16.5. The van der Waals surface area contributed by atoms with Gasteiger partial charge < -0.3 is 14.7 Å². The monoisotopic (exact) mass is 355 g/mol. The molecule has 0 heterocycles. The topological polar surface area (TPSA) is 66.8 Å². The van der Waals surface area contributed by atoms with Gasteiger partial charge in [-0.1, -0.05) is 42.5 Å². The quantitative estimate of drug-likeness (QED) is 0.747. The number of carbonyl (C=O) groups excluding carboxylic acids is 1. The van der Waals surface area contributed by atoms with Gasteiger partial charge in [-0.2, -0.15) is 0 Å². The van der Waals surface area contributed by atoms with Crippen molar-refractivity contribution >= 4 is 11.9 Å². The molecule has 0 aromatic heterocycles. The highest BCUT2D eigenvalue weighted by Gasteiger charge is 2.25. The first-order valence-electron chi connectivity index (χ1n) is 8.70. The lowest BCUT2D eigenvalue weighted by Gasteiger charge is -2.27. The molecule has 0 radical (unpaired) electrons. The number of methoxy groups -OCH3 is 1. The van der Waals surface area contributed by atoms with Gasteiger partial charge in [-0.25, -0.2) is 4.79 Å². The van der Waals surface area contributed by atoms with E-state index in [1.807, 2.05) is 54.6 Å². The van der Waals surface area contributed by atoms with Crippen LogP contribution >= 0.6 is 0 Å². The normalized spacial score (nSPS) is 11.6. The summed E-state index contributed by atoms with van der Waals surface area (Å²) in [5, 5.41) is 9.33. The molecule has 5 heteroatoms. The second-order valence-electron chi connectivity index (χ2n) is 6.22. The molecule has 0 spiro atoms. The summed E-state index contributed by atoms with van der Waals surface area (Å²) < 4.78 is 5.13. The molecule has 0 aliphatic heterocycles. The van der Waals surface area contributed by atoms with Crippen molar-refractivity contribution < 1.29 is 19.4 Å². The first kappa shape index (κ1) is 19.5. The maximum Gasteiger partial charge on any atom is 0.326 e. The predicted molar refractivity (Wildman–Crippen MR) is 100 cm³/mol. The summed E-state index contributed by atoms with van der Waals surface area (Å²) in [5.74, 6) is -0.337. The molecule has 0 saturated heterocycles. The van der Waals surface area contributed by atoms with Crippen molar-refractivity contribution in [1.29, 1.82) is 0 Å². The number of carboxylic acids is 1. The van der Waals surface area contributed by atoms with E-state index in [1.165, 1.54) is 4.90 Å². The van der Waals surface area contributed by atoms with Gasteiger partial charge in [-0.05, 0) is 43.0 Å². The third-order valence-corrected chi connectivity index (χ3v) is 4.36. The molecule has 1 atom stereocenters. The zero-order valence-corrected chi connectivity index (χ0v) is 15.2. The molecule has 1 amide bonds. The van der Waals surface area contributed by atoms with E-state index in [4.69, 9.17) is 4.74 Å². The largest absolute Gasteiger partial charge is 0.497 e. The van der Waals surface area contributed by atoms with Crippen LogP contribution in [-0.2, 0) is 22.6 Å². The fourth-order valence-corrected chi connectivity index (χ4v) is 2.73. The van der Waals surface area contributed by atoms with Gasteiger partial charge in [-0.15, -0.1) is 0 Å². The standard InChI is InChI=1S/C21H25NO4/c1-16(21(24)25)22(15-18-7-4-3-5-8-18)20(23)10-6-9-17-11-13-19(26-2)14-12-17/h3-5,7-8,11-14,16H,6,9-10,15H2,1-2H3,(H,24,25). The van der Waals surface area contributed by atoms with Crippen molar-refractivity contribution in [2.24, 2.45) is 0 Å². The summed E-state index contributed by atoms with van der Waals surface area (Å²) in [5.41, 5.74) is 2.04. The van der Waals surface area contributed by atoms with E-state index >= 15 is 0 Å². The number of hydrogen-bond donors (Lipinski definition) is 1. The van der Waals surface area contributed by atoms with E-state index in [0.29, 0.717) is 19.4 Å². The Labute approximate surface area is 154 Å². The smallest absolute Gasteiger partial charge is 0.326 e. The fourth-order valence-electron chi connectivity index (χ4n) is 2.73. The molecule has 26 heavy (non-hydrogen) atoms. The number of carboxylic acid groups (broad SMARTS) is 1. The molecule has 2 aromatic rings. The van der Waals surface area contributed by atoms with Crippen molar-refractivity contribution in [3.05, 3.63) is 65.7 Å². The molecule has 2 rings (SSSR count). The second-order valence-corrected chi connectivity index (χ2v) is 6.22. The zero-order valence-electron chi connectivity index (χ0n) is 15.2. The van der Waals surface area contributed by atoms with Crippen LogP contribution in [0.3, 0.4) is 0 Å². The van der Waals surface area contributed by atoms with Gasteiger partial charge in [0.25, 0.3) is 0 Å². The lowest BCUT2D eigenvalue weighted by atomic mass is 10.1. The van der Waals surface area contributed by atoms with Gasteiger partial charge >= 0.3 is 5.97 Å². The second kappa shape index (κ2) is 9.61. The Bertz CT molecular complexity index is 713. The average molecular weight is 355 g/mol. The number of carbonyl (C=O) groups is 2. The molecule has 0 fully saturated rings. The van der Waals surface area contributed by atoms with Gasteiger partial charge in [0.05, 0.1) is 7.11 Å². The number of aliphatic carboxylic acids is 1. The van der Waals surface area contributed by atoms with Crippen LogP contribution in [0.2, 0.25) is 0 Å². The molecular weight excluding hydrogens is 330 g/mol. The van der Waals surface area contributed by atoms with Crippen LogP contribution in [-0.4, -0.2) is 35.0 Å². The number of ether oxygens (including phenoxy) is 1. The van der Waals surface area contributed by atoms with Crippen molar-refractivity contribution in [3.63, 3.8) is 0 Å². The van der Waals surface area contributed by atoms with Crippen LogP contribution in [0.5, 0.6) is 5.75 Å². The number of amides is 1. The Hall–Kier alpha value is -2.82. The Morgan fingerprint density at radius 2 is 1.69 bits per heavy atom. The van der Waals surface area contributed by atoms with Crippen molar-refractivity contribution in [1.82, 2.24) is 4.90 Å². The van der Waals surface area contributed by atoms with E-state index in [9.17, 15) is 14.7 Å². The Morgan fingerprint density at radius 1 is 1.04 bits per heavy atom. The van der Waals surface area contributed by atoms with E-state index in [0.717, 1.165) is 23.3 Å². The number of rotatable bonds is 9. The molecule has 1 unspecified atom stereocenters. The SMILES string of the molecule is COc1ccc(CCCC(=O)N(Cc2ccccc2)C(C)C(=O)O)cc1. The van der Waals surface area contributed by atoms with E-state index in [1.54, 1.807) is 14.0 Å². The van der Waals surface area contributed by atoms with Crippen LogP contribution in [0.15, 0.2) is 54.6 Å². The van der Waals surface area contributed by atoms with Gasteiger partial charge in [0.15, 0.2) is 0 Å². The van der Waals surface area contributed by atoms with Gasteiger partial charge in [-0.3, -0.25) is 4.79 Å². The minimum Gasteiger partial charge on any atom is -0.497 e. The summed E-state index contributed by atoms with van der Waals surface area (Å²) in [6.45, 7) is 1.85. The van der Waals surface area contributed by atoms with Crippen molar-refractivity contribution in [2.75, 3.05) is 7.11 Å². The molecule has 1 N–H and O–H groups in total. The highest BCUT2D eigenvalue weighted by Crippen LogP contribution is 2.15. The van der Waals surface area contributed by atoms with Crippen LogP contribution in [0.1, 0.15) is 30.9 Å². The molecular formula is C21H25NO4. The Kier molecular flexibility index (Phi) is 7.21. The molecule has 0 aliphatic rings. The number of aryl methyl sites for hydroxylation is 1. The molecule has 0 bridgehead atoms. The first-order chi connectivity index (χ1) is 12.5. The molecule has 0 aliphatic carbocycles. The minimum atomic E-state index is -0.996. The fraction of sp³-hybridized carbons (Fsp3) is 0.333. The molecule has 5 nitrogen and oxygen atoms in total. The highest BCUT2D eigenvalue weighted by molar-refractivity contribution is 5.83. The maximum atomic E-state index is 12.6. The lowest BCUT2D eigenvalue weighted by molar-refractivity contribution is -0.150. The zero-order chi connectivity index (χ0) is 18.9.